The zero-order valence-electron chi connectivity index (χ0n) is 13.3. The van der Waals surface area contributed by atoms with Crippen molar-refractivity contribution in [1.29, 1.82) is 0 Å². The summed E-state index contributed by atoms with van der Waals surface area (Å²) in [4.78, 5) is 18.6. The molecular formula is C16H27N5O. The summed E-state index contributed by atoms with van der Waals surface area (Å²) in [6.45, 7) is 2.83. The fourth-order valence-corrected chi connectivity index (χ4v) is 3.73. The Labute approximate surface area is 132 Å². The van der Waals surface area contributed by atoms with Crippen molar-refractivity contribution in [3.05, 3.63) is 12.7 Å². The molecule has 6 heteroatoms. The van der Waals surface area contributed by atoms with Gasteiger partial charge in [-0.2, -0.15) is 5.10 Å². The van der Waals surface area contributed by atoms with Crippen LogP contribution in [0.4, 0.5) is 0 Å². The summed E-state index contributed by atoms with van der Waals surface area (Å²) >= 11 is 0. The summed E-state index contributed by atoms with van der Waals surface area (Å²) in [5.74, 6) is 0.221. The molecule has 1 aliphatic carbocycles. The van der Waals surface area contributed by atoms with Crippen LogP contribution in [0.2, 0.25) is 0 Å². The third-order valence-corrected chi connectivity index (χ3v) is 4.96. The van der Waals surface area contributed by atoms with E-state index in [2.05, 4.69) is 20.3 Å². The number of aromatic nitrogens is 3. The Hall–Kier alpha value is -1.43. The number of carbonyl (C=O) groups excluding carboxylic acids is 1. The van der Waals surface area contributed by atoms with Gasteiger partial charge in [-0.15, -0.1) is 0 Å². The number of likely N-dealkylation sites (tertiary alicyclic amines) is 1. The fourth-order valence-electron chi connectivity index (χ4n) is 3.73. The molecule has 1 aromatic rings. The zero-order chi connectivity index (χ0) is 15.2. The van der Waals surface area contributed by atoms with Gasteiger partial charge >= 0.3 is 0 Å². The molecule has 0 spiro atoms. The summed E-state index contributed by atoms with van der Waals surface area (Å²) < 4.78 is 1.89. The first-order chi connectivity index (χ1) is 10.8. The van der Waals surface area contributed by atoms with Gasteiger partial charge in [0.1, 0.15) is 12.7 Å². The highest BCUT2D eigenvalue weighted by atomic mass is 16.1. The molecule has 1 aromatic heterocycles. The van der Waals surface area contributed by atoms with E-state index >= 15 is 0 Å². The van der Waals surface area contributed by atoms with Gasteiger partial charge in [0.15, 0.2) is 0 Å². The van der Waals surface area contributed by atoms with Crippen molar-refractivity contribution in [2.45, 2.75) is 70.0 Å². The second-order valence-corrected chi connectivity index (χ2v) is 6.60. The average molecular weight is 305 g/mol. The molecule has 1 saturated carbocycles. The van der Waals surface area contributed by atoms with Crippen molar-refractivity contribution in [1.82, 2.24) is 25.0 Å². The maximum absolute atomic E-state index is 12.1. The standard InChI is InChI=1S/C16H27N5O/c22-16(19-14-5-2-1-3-6-14)8-10-20-9-4-7-15(20)11-21-13-17-12-18-21/h12-15H,1-11H2,(H,19,22)/t15-/m1/s1. The van der Waals surface area contributed by atoms with Crippen molar-refractivity contribution < 1.29 is 4.79 Å². The van der Waals surface area contributed by atoms with Crippen molar-refractivity contribution >= 4 is 5.91 Å². The van der Waals surface area contributed by atoms with Gasteiger partial charge in [0.25, 0.3) is 0 Å². The molecule has 0 radical (unpaired) electrons. The van der Waals surface area contributed by atoms with Crippen molar-refractivity contribution in [2.24, 2.45) is 0 Å². The Balaban J connectivity index is 1.40. The SMILES string of the molecule is O=C(CCN1CCC[C@@H]1Cn1cncn1)NC1CCCCC1. The van der Waals surface area contributed by atoms with Crippen molar-refractivity contribution in [3.63, 3.8) is 0 Å². The lowest BCUT2D eigenvalue weighted by Gasteiger charge is -2.26. The Kier molecular flexibility index (Phi) is 5.43. The predicted molar refractivity (Wildman–Crippen MR) is 84.2 cm³/mol. The minimum absolute atomic E-state index is 0.221. The van der Waals surface area contributed by atoms with Gasteiger partial charge in [-0.25, -0.2) is 4.98 Å². The van der Waals surface area contributed by atoms with E-state index in [0.29, 0.717) is 18.5 Å². The summed E-state index contributed by atoms with van der Waals surface area (Å²) in [6.07, 6.45) is 12.5. The van der Waals surface area contributed by atoms with Crippen LogP contribution < -0.4 is 5.32 Å². The van der Waals surface area contributed by atoms with E-state index in [9.17, 15) is 4.79 Å². The summed E-state index contributed by atoms with van der Waals surface area (Å²) in [7, 11) is 0. The Bertz CT molecular complexity index is 455. The molecular weight excluding hydrogens is 278 g/mol. The van der Waals surface area contributed by atoms with Crippen molar-refractivity contribution in [3.8, 4) is 0 Å². The second kappa shape index (κ2) is 7.72. The van der Waals surface area contributed by atoms with Crippen molar-refractivity contribution in [2.75, 3.05) is 13.1 Å². The highest BCUT2D eigenvalue weighted by molar-refractivity contribution is 5.76. The molecule has 0 unspecified atom stereocenters. The molecule has 3 rings (SSSR count). The van der Waals surface area contributed by atoms with Crippen LogP contribution in [0.5, 0.6) is 0 Å². The Morgan fingerprint density at radius 2 is 2.05 bits per heavy atom. The molecule has 1 saturated heterocycles. The molecule has 0 bridgehead atoms. The average Bonchev–Trinajstić information content (AvgIpc) is 3.19. The first kappa shape index (κ1) is 15.5. The van der Waals surface area contributed by atoms with Crippen LogP contribution in [0.3, 0.4) is 0 Å². The lowest BCUT2D eigenvalue weighted by Crippen LogP contribution is -2.40. The largest absolute Gasteiger partial charge is 0.353 e. The maximum Gasteiger partial charge on any atom is 0.221 e. The first-order valence-electron chi connectivity index (χ1n) is 8.67. The predicted octanol–water partition coefficient (Wildman–Crippen LogP) is 1.58. The van der Waals surface area contributed by atoms with Crippen LogP contribution in [0, 0.1) is 0 Å². The van der Waals surface area contributed by atoms with E-state index in [4.69, 9.17) is 0 Å². The number of nitrogens with zero attached hydrogens (tertiary/aromatic N) is 4. The van der Waals surface area contributed by atoms with Gasteiger partial charge in [-0.05, 0) is 32.2 Å². The number of hydrogen-bond acceptors (Lipinski definition) is 4. The van der Waals surface area contributed by atoms with Crippen LogP contribution in [0.1, 0.15) is 51.4 Å². The molecule has 22 heavy (non-hydrogen) atoms. The molecule has 122 valence electrons. The molecule has 1 amide bonds. The van der Waals surface area contributed by atoms with Crippen LogP contribution in [-0.2, 0) is 11.3 Å². The van der Waals surface area contributed by atoms with E-state index in [1.54, 1.807) is 12.7 Å². The lowest BCUT2D eigenvalue weighted by atomic mass is 9.95. The van der Waals surface area contributed by atoms with Crippen LogP contribution in [-0.4, -0.2) is 50.7 Å². The zero-order valence-corrected chi connectivity index (χ0v) is 13.3. The summed E-state index contributed by atoms with van der Waals surface area (Å²) in [6, 6.07) is 0.912. The molecule has 2 fully saturated rings. The number of nitrogens with one attached hydrogen (secondary N) is 1. The van der Waals surface area contributed by atoms with E-state index in [1.165, 1.54) is 32.1 Å². The van der Waals surface area contributed by atoms with E-state index in [1.807, 2.05) is 4.68 Å². The number of rotatable bonds is 6. The fraction of sp³-hybridized carbons (Fsp3) is 0.812. The van der Waals surface area contributed by atoms with Gasteiger partial charge < -0.3 is 5.32 Å². The first-order valence-corrected chi connectivity index (χ1v) is 8.67. The third-order valence-electron chi connectivity index (χ3n) is 4.96. The topological polar surface area (TPSA) is 63.1 Å². The monoisotopic (exact) mass is 305 g/mol. The summed E-state index contributed by atoms with van der Waals surface area (Å²) in [5, 5.41) is 7.40. The molecule has 1 aliphatic heterocycles. The van der Waals surface area contributed by atoms with Gasteiger partial charge in [0, 0.05) is 25.0 Å². The number of amides is 1. The smallest absolute Gasteiger partial charge is 0.221 e. The Morgan fingerprint density at radius 1 is 1.18 bits per heavy atom. The minimum Gasteiger partial charge on any atom is -0.353 e. The minimum atomic E-state index is 0.221. The normalized spacial score (nSPS) is 23.7. The van der Waals surface area contributed by atoms with E-state index in [0.717, 1.165) is 32.5 Å². The van der Waals surface area contributed by atoms with Gasteiger partial charge in [-0.1, -0.05) is 19.3 Å². The second-order valence-electron chi connectivity index (χ2n) is 6.60. The van der Waals surface area contributed by atoms with E-state index < -0.39 is 0 Å². The molecule has 0 aromatic carbocycles. The molecule has 1 atom stereocenters. The van der Waals surface area contributed by atoms with Crippen LogP contribution in [0.15, 0.2) is 12.7 Å². The quantitative estimate of drug-likeness (QED) is 0.867. The Morgan fingerprint density at radius 3 is 2.82 bits per heavy atom. The van der Waals surface area contributed by atoms with Gasteiger partial charge in [-0.3, -0.25) is 14.4 Å². The van der Waals surface area contributed by atoms with Gasteiger partial charge in [0.2, 0.25) is 5.91 Å². The summed E-state index contributed by atoms with van der Waals surface area (Å²) in [5.41, 5.74) is 0. The molecule has 6 nitrogen and oxygen atoms in total. The van der Waals surface area contributed by atoms with Crippen LogP contribution in [0.25, 0.3) is 0 Å². The maximum atomic E-state index is 12.1. The number of carbonyl (C=O) groups is 1. The lowest BCUT2D eigenvalue weighted by molar-refractivity contribution is -0.122. The number of hydrogen-bond donors (Lipinski definition) is 1. The van der Waals surface area contributed by atoms with Crippen LogP contribution >= 0.6 is 0 Å². The highest BCUT2D eigenvalue weighted by Crippen LogP contribution is 2.19. The molecule has 2 aliphatic rings. The third kappa shape index (κ3) is 4.29. The molecule has 2 heterocycles. The highest BCUT2D eigenvalue weighted by Gasteiger charge is 2.25. The molecule has 1 N–H and O–H groups in total. The van der Waals surface area contributed by atoms with E-state index in [-0.39, 0.29) is 5.91 Å². The van der Waals surface area contributed by atoms with Gasteiger partial charge in [0.05, 0.1) is 6.54 Å².